The van der Waals surface area contributed by atoms with Crippen LogP contribution in [0.15, 0.2) is 54.7 Å². The highest BCUT2D eigenvalue weighted by Crippen LogP contribution is 2.36. The van der Waals surface area contributed by atoms with Crippen LogP contribution in [0, 0.1) is 11.6 Å². The molecule has 4 heterocycles. The summed E-state index contributed by atoms with van der Waals surface area (Å²) in [7, 11) is 3.07. The van der Waals surface area contributed by atoms with Gasteiger partial charge in [-0.15, -0.1) is 0 Å². The topological polar surface area (TPSA) is 106 Å². The van der Waals surface area contributed by atoms with Crippen LogP contribution in [0.3, 0.4) is 0 Å². The second kappa shape index (κ2) is 12.7. The number of carbonyl (C=O) groups is 2. The third kappa shape index (κ3) is 6.11. The lowest BCUT2D eigenvalue weighted by molar-refractivity contribution is 0.0299. The van der Waals surface area contributed by atoms with Crippen LogP contribution < -0.4 is 14.8 Å². The Balaban J connectivity index is 1.19. The van der Waals surface area contributed by atoms with Crippen molar-refractivity contribution in [1.29, 1.82) is 0 Å². The van der Waals surface area contributed by atoms with Gasteiger partial charge in [0.25, 0.3) is 11.8 Å². The number of pyridine rings is 2. The number of halogens is 3. The number of amides is 2. The van der Waals surface area contributed by atoms with Gasteiger partial charge in [0.1, 0.15) is 28.8 Å². The minimum absolute atomic E-state index is 0.0374. The van der Waals surface area contributed by atoms with Crippen molar-refractivity contribution >= 4 is 34.8 Å². The quantitative estimate of drug-likeness (QED) is 0.272. The maximum absolute atomic E-state index is 15.4. The Kier molecular flexibility index (Phi) is 8.50. The van der Waals surface area contributed by atoms with E-state index in [0.29, 0.717) is 49.2 Å². The predicted molar refractivity (Wildman–Crippen MR) is 162 cm³/mol. The molecule has 2 amide bonds. The number of anilines is 2. The number of fused-ring (bicyclic) bond motifs is 1. The molecule has 6 rings (SSSR count). The zero-order valence-electron chi connectivity index (χ0n) is 24.4. The minimum atomic E-state index is -0.878. The second-order valence-corrected chi connectivity index (χ2v) is 10.8. The van der Waals surface area contributed by atoms with Crippen molar-refractivity contribution in [2.45, 2.75) is 13.1 Å². The lowest BCUT2D eigenvalue weighted by Crippen LogP contribution is -2.41. The molecule has 2 aromatic heterocycles. The van der Waals surface area contributed by atoms with Gasteiger partial charge in [-0.05, 0) is 42.5 Å². The van der Waals surface area contributed by atoms with Crippen LogP contribution in [-0.2, 0) is 17.8 Å². The summed E-state index contributed by atoms with van der Waals surface area (Å²) < 4.78 is 46.8. The Bertz CT molecular complexity index is 1760. The van der Waals surface area contributed by atoms with Crippen LogP contribution >= 0.6 is 11.6 Å². The molecule has 2 aliphatic heterocycles. The number of nitrogens with zero attached hydrogens (tertiary/aromatic N) is 4. The Morgan fingerprint density at radius 3 is 2.42 bits per heavy atom. The zero-order chi connectivity index (χ0) is 31.7. The first-order chi connectivity index (χ1) is 21.7. The first-order valence-corrected chi connectivity index (χ1v) is 14.4. The Hall–Kier alpha value is -4.81. The molecule has 0 atom stereocenters. The lowest BCUT2D eigenvalue weighted by atomic mass is 10.1. The Morgan fingerprint density at radius 2 is 1.76 bits per heavy atom. The van der Waals surface area contributed by atoms with Crippen molar-refractivity contribution in [3.63, 3.8) is 0 Å². The van der Waals surface area contributed by atoms with Gasteiger partial charge in [-0.25, -0.2) is 18.7 Å². The average molecular weight is 636 g/mol. The van der Waals surface area contributed by atoms with Gasteiger partial charge in [0.05, 0.1) is 79.9 Å². The van der Waals surface area contributed by atoms with E-state index in [2.05, 4.69) is 15.3 Å². The van der Waals surface area contributed by atoms with Crippen LogP contribution in [0.1, 0.15) is 32.1 Å². The third-order valence-electron chi connectivity index (χ3n) is 7.61. The molecule has 1 N–H and O–H groups in total. The number of nitrogens with one attached hydrogen (secondary N) is 1. The van der Waals surface area contributed by atoms with Crippen molar-refractivity contribution in [3.8, 4) is 22.8 Å². The lowest BCUT2D eigenvalue weighted by Gasteiger charge is -2.26. The predicted octanol–water partition coefficient (Wildman–Crippen LogP) is 5.46. The summed E-state index contributed by atoms with van der Waals surface area (Å²) in [4.78, 5) is 37.7. The van der Waals surface area contributed by atoms with E-state index in [1.807, 2.05) is 0 Å². The van der Waals surface area contributed by atoms with E-state index in [-0.39, 0.29) is 58.1 Å². The number of aromatic nitrogens is 2. The fraction of sp³-hybridized carbons (Fsp3) is 0.250. The van der Waals surface area contributed by atoms with Crippen molar-refractivity contribution in [2.75, 3.05) is 45.8 Å². The molecule has 1 saturated heterocycles. The van der Waals surface area contributed by atoms with Crippen LogP contribution in [0.2, 0.25) is 5.02 Å². The van der Waals surface area contributed by atoms with Gasteiger partial charge < -0.3 is 29.3 Å². The van der Waals surface area contributed by atoms with Gasteiger partial charge in [0.2, 0.25) is 0 Å². The summed E-state index contributed by atoms with van der Waals surface area (Å²) in [6, 6.07) is 12.0. The minimum Gasteiger partial charge on any atom is -0.497 e. The van der Waals surface area contributed by atoms with Gasteiger partial charge in [0.15, 0.2) is 0 Å². The van der Waals surface area contributed by atoms with Gasteiger partial charge in [-0.1, -0.05) is 11.6 Å². The SMILES string of the molecule is COc1ccc(CN2Cc3nc(-c4c(F)cc(Nc5ccc(C(=O)N6CCOCC6)nc5)cc4F)cc(Cl)c3C2=O)c(OC)c1. The summed E-state index contributed by atoms with van der Waals surface area (Å²) in [5, 5.41) is 2.96. The Labute approximate surface area is 262 Å². The molecular weight excluding hydrogens is 608 g/mol. The molecule has 2 aliphatic rings. The monoisotopic (exact) mass is 635 g/mol. The number of ether oxygens (including phenoxy) is 3. The molecule has 0 bridgehead atoms. The number of hydrogen-bond acceptors (Lipinski definition) is 8. The van der Waals surface area contributed by atoms with Crippen molar-refractivity contribution in [2.24, 2.45) is 0 Å². The molecule has 2 aromatic carbocycles. The number of methoxy groups -OCH3 is 2. The third-order valence-corrected chi connectivity index (χ3v) is 7.91. The van der Waals surface area contributed by atoms with E-state index in [4.69, 9.17) is 25.8 Å². The van der Waals surface area contributed by atoms with Gasteiger partial charge in [0, 0.05) is 30.4 Å². The van der Waals surface area contributed by atoms with Crippen LogP contribution in [0.25, 0.3) is 11.3 Å². The number of benzene rings is 2. The van der Waals surface area contributed by atoms with E-state index in [0.717, 1.165) is 17.7 Å². The smallest absolute Gasteiger partial charge is 0.272 e. The maximum atomic E-state index is 15.4. The molecule has 10 nitrogen and oxygen atoms in total. The van der Waals surface area contributed by atoms with E-state index < -0.39 is 11.6 Å². The molecular formula is C32H28ClF2N5O5. The summed E-state index contributed by atoms with van der Waals surface area (Å²) in [5.74, 6) is -1.16. The summed E-state index contributed by atoms with van der Waals surface area (Å²) >= 11 is 6.49. The molecule has 0 saturated carbocycles. The molecule has 0 spiro atoms. The van der Waals surface area contributed by atoms with Crippen molar-refractivity contribution in [1.82, 2.24) is 19.8 Å². The number of morpholine rings is 1. The van der Waals surface area contributed by atoms with Gasteiger partial charge >= 0.3 is 0 Å². The summed E-state index contributed by atoms with van der Waals surface area (Å²) in [5.41, 5.74) is 1.65. The summed E-state index contributed by atoms with van der Waals surface area (Å²) in [6.45, 7) is 2.22. The number of hydrogen-bond donors (Lipinski definition) is 1. The fourth-order valence-electron chi connectivity index (χ4n) is 5.34. The summed E-state index contributed by atoms with van der Waals surface area (Å²) in [6.07, 6.45) is 1.42. The molecule has 45 heavy (non-hydrogen) atoms. The van der Waals surface area contributed by atoms with Crippen molar-refractivity contribution in [3.05, 3.63) is 93.9 Å². The fourth-order valence-corrected chi connectivity index (χ4v) is 5.63. The molecule has 4 aromatic rings. The van der Waals surface area contributed by atoms with Crippen LogP contribution in [0.4, 0.5) is 20.2 Å². The van der Waals surface area contributed by atoms with Crippen LogP contribution in [-0.4, -0.2) is 72.1 Å². The van der Waals surface area contributed by atoms with Crippen molar-refractivity contribution < 1.29 is 32.6 Å². The molecule has 0 unspecified atom stereocenters. The highest BCUT2D eigenvalue weighted by molar-refractivity contribution is 6.34. The second-order valence-electron chi connectivity index (χ2n) is 10.4. The normalized spacial score (nSPS) is 14.4. The maximum Gasteiger partial charge on any atom is 0.272 e. The molecule has 0 aliphatic carbocycles. The molecule has 13 heteroatoms. The van der Waals surface area contributed by atoms with E-state index >= 15 is 8.78 Å². The standard InChI is InChI=1S/C32H28ClF2N5O5/c1-43-21-5-3-18(28(13-21)44-2)16-40-17-27-29(32(40)42)22(33)14-26(38-27)30-23(34)11-20(12-24(30)35)37-19-4-6-25(36-15-19)31(41)39-7-9-45-10-8-39/h3-6,11-15,37H,7-10,16-17H2,1-2H3. The zero-order valence-corrected chi connectivity index (χ0v) is 25.2. The van der Waals surface area contributed by atoms with E-state index in [1.54, 1.807) is 42.3 Å². The highest BCUT2D eigenvalue weighted by atomic mass is 35.5. The molecule has 0 radical (unpaired) electrons. The first-order valence-electron chi connectivity index (χ1n) is 14.0. The van der Waals surface area contributed by atoms with E-state index in [1.165, 1.54) is 24.3 Å². The number of carbonyl (C=O) groups excluding carboxylic acids is 2. The largest absolute Gasteiger partial charge is 0.497 e. The van der Waals surface area contributed by atoms with Gasteiger partial charge in [-0.2, -0.15) is 0 Å². The first kappa shape index (κ1) is 30.2. The highest BCUT2D eigenvalue weighted by Gasteiger charge is 2.33. The molecule has 1 fully saturated rings. The Morgan fingerprint density at radius 1 is 1.00 bits per heavy atom. The van der Waals surface area contributed by atoms with E-state index in [9.17, 15) is 9.59 Å². The number of rotatable bonds is 8. The van der Waals surface area contributed by atoms with Gasteiger partial charge in [-0.3, -0.25) is 9.59 Å². The average Bonchev–Trinajstić information content (AvgIpc) is 3.36. The van der Waals surface area contributed by atoms with Crippen LogP contribution in [0.5, 0.6) is 11.5 Å². The molecule has 232 valence electrons.